The maximum atomic E-state index is 13.5. The van der Waals surface area contributed by atoms with Gasteiger partial charge in [-0.15, -0.1) is 11.3 Å². The summed E-state index contributed by atoms with van der Waals surface area (Å²) in [6.07, 6.45) is -2.24. The van der Waals surface area contributed by atoms with Gasteiger partial charge in [0.05, 0.1) is 17.0 Å². The molecule has 5 nitrogen and oxygen atoms in total. The van der Waals surface area contributed by atoms with Crippen LogP contribution in [0, 0.1) is 5.92 Å². The van der Waals surface area contributed by atoms with E-state index in [-0.39, 0.29) is 17.2 Å². The van der Waals surface area contributed by atoms with E-state index in [4.69, 9.17) is 11.6 Å². The average molecular weight is 595 g/mol. The highest BCUT2D eigenvalue weighted by Gasteiger charge is 2.51. The maximum Gasteiger partial charge on any atom is 0.421 e. The zero-order chi connectivity index (χ0) is 28.2. The number of nitrogens with zero attached hydrogens (tertiary/aromatic N) is 1. The molecule has 0 spiro atoms. The van der Waals surface area contributed by atoms with Gasteiger partial charge in [0.2, 0.25) is 10.0 Å². The predicted octanol–water partition coefficient (Wildman–Crippen LogP) is 7.19. The van der Waals surface area contributed by atoms with Crippen molar-refractivity contribution >= 4 is 43.0 Å². The molecule has 39 heavy (non-hydrogen) atoms. The van der Waals surface area contributed by atoms with Gasteiger partial charge in [-0.2, -0.15) is 13.2 Å². The SMILES string of the molecule is CC[C@H]1C[C@@H]1S(=O)(=O)NC(c1cc2cccc(-c3cc([C@](C)(O)C(F)(F)F)ccn3)c2s1)c1ccccc1Cl. The molecule has 4 atom stereocenters. The smallest absolute Gasteiger partial charge is 0.376 e. The summed E-state index contributed by atoms with van der Waals surface area (Å²) in [5.74, 6) is 0.121. The number of hydrogen-bond acceptors (Lipinski definition) is 5. The van der Waals surface area contributed by atoms with Crippen LogP contribution >= 0.6 is 22.9 Å². The fourth-order valence-electron chi connectivity index (χ4n) is 4.74. The number of nitrogens with one attached hydrogen (secondary N) is 1. The summed E-state index contributed by atoms with van der Waals surface area (Å²) in [4.78, 5) is 4.97. The molecule has 1 fully saturated rings. The van der Waals surface area contributed by atoms with Crippen LogP contribution in [0.3, 0.4) is 0 Å². The van der Waals surface area contributed by atoms with Crippen molar-refractivity contribution in [1.29, 1.82) is 0 Å². The van der Waals surface area contributed by atoms with Gasteiger partial charge in [0.15, 0.2) is 5.60 Å². The Hall–Kier alpha value is -2.50. The highest BCUT2D eigenvalue weighted by atomic mass is 35.5. The zero-order valence-electron chi connectivity index (χ0n) is 21.0. The number of hydrogen-bond donors (Lipinski definition) is 2. The first-order chi connectivity index (χ1) is 18.3. The summed E-state index contributed by atoms with van der Waals surface area (Å²) in [5.41, 5.74) is -1.95. The Balaban J connectivity index is 1.60. The second-order valence-corrected chi connectivity index (χ2v) is 13.4. The second-order valence-electron chi connectivity index (χ2n) is 9.93. The zero-order valence-corrected chi connectivity index (χ0v) is 23.4. The van der Waals surface area contributed by atoms with Gasteiger partial charge >= 0.3 is 6.18 Å². The van der Waals surface area contributed by atoms with Crippen LogP contribution in [0.4, 0.5) is 13.2 Å². The van der Waals surface area contributed by atoms with E-state index in [1.807, 2.05) is 19.1 Å². The van der Waals surface area contributed by atoms with Crippen LogP contribution in [0.1, 0.15) is 48.7 Å². The normalized spacial score (nSPS) is 20.1. The lowest BCUT2D eigenvalue weighted by molar-refractivity contribution is -0.258. The van der Waals surface area contributed by atoms with E-state index >= 15 is 0 Å². The molecule has 1 aliphatic carbocycles. The third-order valence-corrected chi connectivity index (χ3v) is 10.8. The van der Waals surface area contributed by atoms with E-state index in [0.717, 1.165) is 22.6 Å². The van der Waals surface area contributed by atoms with Gasteiger partial charge in [0.1, 0.15) is 0 Å². The van der Waals surface area contributed by atoms with Crippen molar-refractivity contribution in [3.05, 3.63) is 87.9 Å². The minimum atomic E-state index is -4.87. The van der Waals surface area contributed by atoms with Crippen LogP contribution in [0.2, 0.25) is 5.02 Å². The van der Waals surface area contributed by atoms with Crippen LogP contribution < -0.4 is 4.72 Å². The van der Waals surface area contributed by atoms with Gasteiger partial charge in [-0.25, -0.2) is 13.1 Å². The standard InChI is InChI=1S/C28H26ClF3N2O3S2/c1-3-16-14-24(16)39(36,37)34-25(19-8-4-5-10-21(19)29)23-13-17-7-6-9-20(26(17)38-23)22-15-18(11-12-33-22)27(2,35)28(30,31)32/h4-13,15-16,24-25,34-35H,3,14H2,1-2H3/t16-,24-,25?,27-/m0/s1. The molecule has 0 radical (unpaired) electrons. The number of benzene rings is 2. The Morgan fingerprint density at radius 1 is 1.15 bits per heavy atom. The summed E-state index contributed by atoms with van der Waals surface area (Å²) in [7, 11) is -3.64. The molecular weight excluding hydrogens is 569 g/mol. The van der Waals surface area contributed by atoms with Crippen molar-refractivity contribution in [2.75, 3.05) is 0 Å². The number of sulfonamides is 1. The molecule has 1 saturated carbocycles. The Bertz CT molecular complexity index is 1640. The summed E-state index contributed by atoms with van der Waals surface area (Å²) in [6.45, 7) is 2.68. The highest BCUT2D eigenvalue weighted by molar-refractivity contribution is 7.90. The number of pyridine rings is 1. The Morgan fingerprint density at radius 2 is 1.90 bits per heavy atom. The Morgan fingerprint density at radius 3 is 2.56 bits per heavy atom. The molecule has 4 aromatic rings. The summed E-state index contributed by atoms with van der Waals surface area (Å²) in [6, 6.07) is 15.8. The molecule has 2 heterocycles. The van der Waals surface area contributed by atoms with Gasteiger partial charge in [-0.05, 0) is 60.0 Å². The van der Waals surface area contributed by atoms with Gasteiger partial charge in [0.25, 0.3) is 0 Å². The van der Waals surface area contributed by atoms with Crippen molar-refractivity contribution in [3.8, 4) is 11.3 Å². The monoisotopic (exact) mass is 594 g/mol. The molecule has 1 unspecified atom stereocenters. The molecule has 206 valence electrons. The summed E-state index contributed by atoms with van der Waals surface area (Å²) < 4.78 is 70.6. The third kappa shape index (κ3) is 5.32. The Kier molecular flexibility index (Phi) is 7.30. The fraction of sp³-hybridized carbons (Fsp3) is 0.321. The van der Waals surface area contributed by atoms with E-state index in [1.165, 1.54) is 23.6 Å². The number of aromatic nitrogens is 1. The number of fused-ring (bicyclic) bond motifs is 1. The molecule has 2 aromatic heterocycles. The molecule has 0 amide bonds. The largest absolute Gasteiger partial charge is 0.421 e. The molecule has 5 rings (SSSR count). The molecule has 11 heteroatoms. The van der Waals surface area contributed by atoms with E-state index < -0.39 is 33.1 Å². The van der Waals surface area contributed by atoms with E-state index in [1.54, 1.807) is 36.4 Å². The first kappa shape index (κ1) is 28.0. The molecular formula is C28H26ClF3N2O3S2. The lowest BCUT2D eigenvalue weighted by Gasteiger charge is -2.26. The van der Waals surface area contributed by atoms with Gasteiger partial charge in [-0.1, -0.05) is 61.3 Å². The second kappa shape index (κ2) is 10.2. The van der Waals surface area contributed by atoms with Crippen LogP contribution in [0.15, 0.2) is 66.9 Å². The lowest BCUT2D eigenvalue weighted by Crippen LogP contribution is -2.39. The molecule has 0 bridgehead atoms. The van der Waals surface area contributed by atoms with Crippen molar-refractivity contribution in [1.82, 2.24) is 9.71 Å². The number of aliphatic hydroxyl groups is 1. The van der Waals surface area contributed by atoms with Crippen molar-refractivity contribution < 1.29 is 26.7 Å². The summed E-state index contributed by atoms with van der Waals surface area (Å²) >= 11 is 7.83. The molecule has 0 aliphatic heterocycles. The molecule has 2 aromatic carbocycles. The number of halogens is 4. The molecule has 2 N–H and O–H groups in total. The fourth-order valence-corrected chi connectivity index (χ4v) is 8.27. The lowest BCUT2D eigenvalue weighted by atomic mass is 9.94. The first-order valence-electron chi connectivity index (χ1n) is 12.4. The van der Waals surface area contributed by atoms with Crippen molar-refractivity contribution in [3.63, 3.8) is 0 Å². The average Bonchev–Trinajstić information content (AvgIpc) is 3.58. The highest BCUT2D eigenvalue weighted by Crippen LogP contribution is 2.44. The quantitative estimate of drug-likeness (QED) is 0.226. The van der Waals surface area contributed by atoms with Gasteiger partial charge in [-0.3, -0.25) is 4.98 Å². The van der Waals surface area contributed by atoms with Crippen LogP contribution in [-0.2, 0) is 15.6 Å². The number of rotatable bonds is 8. The minimum Gasteiger partial charge on any atom is -0.376 e. The van der Waals surface area contributed by atoms with E-state index in [2.05, 4.69) is 9.71 Å². The summed E-state index contributed by atoms with van der Waals surface area (Å²) in [5, 5.41) is 10.9. The third-order valence-electron chi connectivity index (χ3n) is 7.28. The van der Waals surface area contributed by atoms with Crippen molar-refractivity contribution in [2.45, 2.75) is 49.8 Å². The van der Waals surface area contributed by atoms with E-state index in [0.29, 0.717) is 34.4 Å². The topological polar surface area (TPSA) is 79.3 Å². The van der Waals surface area contributed by atoms with Gasteiger partial charge < -0.3 is 5.11 Å². The predicted molar refractivity (Wildman–Crippen MR) is 148 cm³/mol. The molecule has 1 aliphatic rings. The van der Waals surface area contributed by atoms with Gasteiger partial charge in [0, 0.05) is 26.4 Å². The van der Waals surface area contributed by atoms with Crippen LogP contribution in [0.25, 0.3) is 21.3 Å². The Labute approximate surface area is 233 Å². The number of alkyl halides is 3. The van der Waals surface area contributed by atoms with Crippen molar-refractivity contribution in [2.24, 2.45) is 5.92 Å². The molecule has 0 saturated heterocycles. The number of thiophene rings is 1. The van der Waals surface area contributed by atoms with Crippen LogP contribution in [-0.4, -0.2) is 29.9 Å². The van der Waals surface area contributed by atoms with E-state index in [9.17, 15) is 26.7 Å². The van der Waals surface area contributed by atoms with Crippen LogP contribution in [0.5, 0.6) is 0 Å². The first-order valence-corrected chi connectivity index (χ1v) is 15.1. The minimum absolute atomic E-state index is 0.121. The maximum absolute atomic E-state index is 13.5.